The second kappa shape index (κ2) is 26.5. The highest BCUT2D eigenvalue weighted by Crippen LogP contribution is 2.79. The van der Waals surface area contributed by atoms with Crippen LogP contribution in [-0.4, -0.2) is 187 Å². The lowest BCUT2D eigenvalue weighted by atomic mass is 9.32. The van der Waals surface area contributed by atoms with Crippen molar-refractivity contribution >= 4 is 78.2 Å². The fourth-order valence-electron chi connectivity index (χ4n) is 14.0. The lowest BCUT2D eigenvalue weighted by molar-refractivity contribution is -0.250. The van der Waals surface area contributed by atoms with Gasteiger partial charge in [0.25, 0.3) is 37.6 Å². The van der Waals surface area contributed by atoms with E-state index in [1.807, 2.05) is 35.1 Å². The van der Waals surface area contributed by atoms with Crippen LogP contribution in [0.4, 0.5) is 39.0 Å². The predicted molar refractivity (Wildman–Crippen MR) is 333 cm³/mol. The molecule has 27 heteroatoms. The molecule has 4 aliphatic heterocycles. The number of thioether (sulfide) groups is 1. The fraction of sp³-hybridized carbons (Fsp3) is 0.516. The van der Waals surface area contributed by atoms with Gasteiger partial charge >= 0.3 is 5.51 Å². The number of sulfone groups is 1. The third-order valence-electron chi connectivity index (χ3n) is 19.1. The summed E-state index contributed by atoms with van der Waals surface area (Å²) in [7, 11) is -11.1. The van der Waals surface area contributed by atoms with Gasteiger partial charge in [-0.05, 0) is 135 Å². The maximum atomic E-state index is 14.5. The quantitative estimate of drug-likeness (QED) is 0.0161. The van der Waals surface area contributed by atoms with Crippen LogP contribution in [0.3, 0.4) is 0 Å². The lowest BCUT2D eigenvalue weighted by Crippen LogP contribution is -2.66. The highest BCUT2D eigenvalue weighted by molar-refractivity contribution is 7.99. The summed E-state index contributed by atoms with van der Waals surface area (Å²) in [5.74, 6) is -3.10. The van der Waals surface area contributed by atoms with E-state index >= 15 is 0 Å². The zero-order valence-corrected chi connectivity index (χ0v) is 53.2. The smallest absolute Gasteiger partial charge is 0.383 e. The van der Waals surface area contributed by atoms with Gasteiger partial charge in [0.2, 0.25) is 18.2 Å². The Hall–Kier alpha value is -6.49. The molecule has 91 heavy (non-hydrogen) atoms. The fourth-order valence-corrected chi connectivity index (χ4v) is 17.0. The number of hydrogen-bond donors (Lipinski definition) is 4. The molecule has 8 aliphatic rings. The van der Waals surface area contributed by atoms with E-state index in [1.54, 1.807) is 24.3 Å². The van der Waals surface area contributed by atoms with E-state index in [0.717, 1.165) is 66.5 Å². The monoisotopic (exact) mass is 1320 g/mol. The lowest BCUT2D eigenvalue weighted by Gasteiger charge is -2.72. The minimum absolute atomic E-state index is 0.0219. The Labute approximate surface area is 531 Å². The van der Waals surface area contributed by atoms with Crippen molar-refractivity contribution < 1.29 is 67.5 Å². The Balaban J connectivity index is 0.661. The molecule has 4 aromatic rings. The maximum absolute atomic E-state index is 14.5. The number of carbonyl (C=O) groups is 5. The first-order chi connectivity index (χ1) is 43.2. The van der Waals surface area contributed by atoms with E-state index in [-0.39, 0.29) is 40.4 Å². The summed E-state index contributed by atoms with van der Waals surface area (Å²) < 4.78 is 133. The number of piperazine rings is 2. The summed E-state index contributed by atoms with van der Waals surface area (Å²) in [5.41, 5.74) is -2.52. The first-order valence-electron chi connectivity index (χ1n) is 30.9. The highest BCUT2D eigenvalue weighted by atomic mass is 32.2. The van der Waals surface area contributed by atoms with Crippen LogP contribution < -0.4 is 25.6 Å². The molecule has 490 valence electrons. The van der Waals surface area contributed by atoms with Crippen molar-refractivity contribution in [1.29, 1.82) is 0 Å². The molecule has 2 bridgehead atoms. The molecule has 0 radical (unpaired) electrons. The Bertz CT molecular complexity index is 3670. The normalized spacial score (nSPS) is 23.6. The van der Waals surface area contributed by atoms with Crippen molar-refractivity contribution in [2.75, 3.05) is 113 Å². The van der Waals surface area contributed by atoms with Crippen LogP contribution in [0.2, 0.25) is 0 Å². The first-order valence-corrected chi connectivity index (χ1v) is 34.8. The van der Waals surface area contributed by atoms with Crippen LogP contribution in [0.5, 0.6) is 0 Å². The van der Waals surface area contributed by atoms with E-state index in [1.165, 1.54) is 41.1 Å². The van der Waals surface area contributed by atoms with Crippen molar-refractivity contribution in [1.82, 2.24) is 29.6 Å². The number of benzene rings is 4. The average Bonchev–Trinajstić information content (AvgIpc) is 0.958. The van der Waals surface area contributed by atoms with E-state index in [4.69, 9.17) is 4.74 Å². The van der Waals surface area contributed by atoms with Gasteiger partial charge in [-0.1, -0.05) is 43.2 Å². The highest BCUT2D eigenvalue weighted by Gasteiger charge is 2.73. The van der Waals surface area contributed by atoms with E-state index < -0.39 is 94.3 Å². The molecule has 5 amide bonds. The van der Waals surface area contributed by atoms with Crippen LogP contribution in [-0.2, 0) is 34.2 Å². The zero-order chi connectivity index (χ0) is 64.7. The van der Waals surface area contributed by atoms with E-state index in [9.17, 15) is 62.8 Å². The van der Waals surface area contributed by atoms with Gasteiger partial charge in [0.15, 0.2) is 0 Å². The summed E-state index contributed by atoms with van der Waals surface area (Å²) >= 11 is 1.41. The largest absolute Gasteiger partial charge is 0.501 e. The number of sulfonamides is 1. The van der Waals surface area contributed by atoms with Gasteiger partial charge < -0.3 is 25.2 Å². The van der Waals surface area contributed by atoms with Crippen molar-refractivity contribution in [3.05, 3.63) is 119 Å². The van der Waals surface area contributed by atoms with Crippen molar-refractivity contribution in [2.24, 2.45) is 16.2 Å². The Morgan fingerprint density at radius 2 is 1.45 bits per heavy atom. The number of nitrogens with one attached hydrogen (secondary N) is 4. The van der Waals surface area contributed by atoms with Crippen molar-refractivity contribution in [3.63, 3.8) is 0 Å². The number of ether oxygens (including phenoxy) is 1. The minimum atomic E-state index is -6.15. The van der Waals surface area contributed by atoms with Gasteiger partial charge in [0, 0.05) is 124 Å². The molecule has 19 nitrogen and oxygen atoms in total. The second-order valence-corrected chi connectivity index (χ2v) is 30.6. The molecule has 3 saturated heterocycles. The molecule has 3 saturated carbocycles. The van der Waals surface area contributed by atoms with Crippen LogP contribution in [0.25, 0.3) is 0 Å². The molecule has 2 atom stereocenters. The summed E-state index contributed by atoms with van der Waals surface area (Å²) in [5, 5.41) is 8.40. The SMILES string of the molecule is CC1(C)CCC(CN2CCN(c3ccc(C(=O)NS(=O)(=O)c4ccc(N[C@H](CCN5CCN(CCOCCNc6ccc7c(c6)C(=O)N(C6CCC(=O)NC6=O)C7=O)CC5)CSc5ccccc5)c(S(=O)(=O)C(F)(F)F)c4)cc3)CC2)=C(C23CC(C(F)F)(C2)C3)C1. The molecule has 4 N–H and O–H groups in total. The maximum Gasteiger partial charge on any atom is 0.501 e. The standard InChI is InChI=1S/C64H76F5N9O10S3/c1-61(2)20-18-43(51(36-61)62-39-63(40-62,41-62)60(65)66)37-76-27-29-77(30-28-76)46-11-8-42(9-12-46)56(80)73-91(86,87)48-13-15-52(54(35-48)90(84,85)64(67,68)69)71-45(38-89-47-6-4-3-5-7-47)19-22-74-23-25-75(26-24-74)31-33-88-32-21-70-44-10-14-49-50(34-44)59(83)78(58(49)82)53-16-17-55(79)72-57(53)81/h3-15,34-35,45,53,60,70-71H,16-33,36-41H2,1-2H3,(H,73,80)(H,72,79,81)/t45-,53?,62?,63?/m1/s1. The number of nitrogens with zero attached hydrogens (tertiary/aromatic N) is 5. The number of imide groups is 2. The Morgan fingerprint density at radius 3 is 2.12 bits per heavy atom. The first kappa shape index (κ1) is 66.0. The Kier molecular flexibility index (Phi) is 19.2. The van der Waals surface area contributed by atoms with Crippen LogP contribution in [0.15, 0.2) is 117 Å². The third kappa shape index (κ3) is 14.4. The molecular weight excluding hydrogens is 1250 g/mol. The van der Waals surface area contributed by atoms with Gasteiger partial charge in [-0.25, -0.2) is 30.3 Å². The van der Waals surface area contributed by atoms with Gasteiger partial charge in [-0.2, -0.15) is 13.2 Å². The molecule has 4 aromatic carbocycles. The van der Waals surface area contributed by atoms with Gasteiger partial charge in [0.05, 0.1) is 34.9 Å². The predicted octanol–water partition coefficient (Wildman–Crippen LogP) is 8.27. The van der Waals surface area contributed by atoms with Gasteiger partial charge in [0.1, 0.15) is 10.9 Å². The summed E-state index contributed by atoms with van der Waals surface area (Å²) in [4.78, 5) is 72.5. The second-order valence-electron chi connectivity index (χ2n) is 25.9. The number of rotatable bonds is 25. The van der Waals surface area contributed by atoms with Gasteiger partial charge in [-0.15, -0.1) is 11.8 Å². The Morgan fingerprint density at radius 1 is 0.780 bits per heavy atom. The number of piperidine rings is 1. The third-order valence-corrected chi connectivity index (χ3v) is 23.1. The van der Waals surface area contributed by atoms with Crippen LogP contribution in [0, 0.1) is 16.2 Å². The molecule has 0 aromatic heterocycles. The molecular formula is C64H76F5N9O10S3. The minimum Gasteiger partial charge on any atom is -0.383 e. The van der Waals surface area contributed by atoms with Crippen LogP contribution >= 0.6 is 11.8 Å². The van der Waals surface area contributed by atoms with Crippen molar-refractivity contribution in [3.8, 4) is 0 Å². The van der Waals surface area contributed by atoms with E-state index in [0.29, 0.717) is 115 Å². The number of hydrogen-bond acceptors (Lipinski definition) is 17. The van der Waals surface area contributed by atoms with Gasteiger partial charge in [-0.3, -0.25) is 44.0 Å². The summed E-state index contributed by atoms with van der Waals surface area (Å²) in [6.45, 7) is 13.2. The number of allylic oxidation sites excluding steroid dienone is 1. The number of anilines is 3. The number of fused-ring (bicyclic) bond motifs is 1. The number of amides is 5. The molecule has 4 aliphatic carbocycles. The molecule has 4 heterocycles. The van der Waals surface area contributed by atoms with Crippen LogP contribution in [0.1, 0.15) is 103 Å². The number of alkyl halides is 5. The summed E-state index contributed by atoms with van der Waals surface area (Å²) in [6, 6.07) is 21.0. The topological polar surface area (TPSA) is 227 Å². The molecule has 6 fully saturated rings. The molecule has 0 spiro atoms. The molecule has 1 unspecified atom stereocenters. The average molecular weight is 1320 g/mol. The number of halogens is 5. The number of carbonyl (C=O) groups excluding carboxylic acids is 5. The summed E-state index contributed by atoms with van der Waals surface area (Å²) in [6.07, 6.45) is 2.88. The zero-order valence-electron chi connectivity index (χ0n) is 50.8. The van der Waals surface area contributed by atoms with Crippen molar-refractivity contribution in [2.45, 2.75) is 110 Å². The van der Waals surface area contributed by atoms with E-state index in [2.05, 4.69) is 49.4 Å². The molecule has 12 rings (SSSR count).